The van der Waals surface area contributed by atoms with Crippen LogP contribution in [0.15, 0.2) is 4.40 Å². The first kappa shape index (κ1) is 7.98. The second-order valence-electron chi connectivity index (χ2n) is 2.51. The van der Waals surface area contributed by atoms with Crippen molar-refractivity contribution in [1.29, 1.82) is 0 Å². The summed E-state index contributed by atoms with van der Waals surface area (Å²) in [4.78, 5) is 0. The van der Waals surface area contributed by atoms with Crippen molar-refractivity contribution in [3.8, 4) is 0 Å². The predicted molar refractivity (Wildman–Crippen MR) is 39.3 cm³/mol. The molecule has 0 aliphatic rings. The highest BCUT2D eigenvalue weighted by atomic mass is 32.2. The van der Waals surface area contributed by atoms with Crippen LogP contribution < -0.4 is 0 Å². The van der Waals surface area contributed by atoms with Crippen molar-refractivity contribution < 1.29 is 4.55 Å². The molecular weight excluding hydrogens is 122 g/mol. The molecule has 0 fully saturated rings. The average Bonchev–Trinajstić information content (AvgIpc) is 1.62. The van der Waals surface area contributed by atoms with Gasteiger partial charge in [0.15, 0.2) is 4.75 Å². The molecule has 0 bridgehead atoms. The van der Waals surface area contributed by atoms with E-state index in [-0.39, 0.29) is 4.75 Å². The van der Waals surface area contributed by atoms with Gasteiger partial charge in [0.1, 0.15) is 0 Å². The lowest BCUT2D eigenvalue weighted by Crippen LogP contribution is -2.24. The van der Waals surface area contributed by atoms with E-state index in [1.165, 1.54) is 0 Å². The van der Waals surface area contributed by atoms with E-state index in [0.29, 0.717) is 0 Å². The van der Waals surface area contributed by atoms with Crippen molar-refractivity contribution in [3.63, 3.8) is 0 Å². The Kier molecular flexibility index (Phi) is 2.50. The summed E-state index contributed by atoms with van der Waals surface area (Å²) in [6.07, 6.45) is 0. The van der Waals surface area contributed by atoms with E-state index < -0.39 is 11.4 Å². The van der Waals surface area contributed by atoms with E-state index in [1.54, 1.807) is 0 Å². The molecular formula is C5H12NOS+. The Labute approximate surface area is 53.3 Å². The molecule has 0 aromatic carbocycles. The predicted octanol–water partition coefficient (Wildman–Crippen LogP) is 1.49. The summed E-state index contributed by atoms with van der Waals surface area (Å²) >= 11 is -0.880. The van der Waals surface area contributed by atoms with Crippen LogP contribution in [0.25, 0.3) is 0 Å². The molecule has 0 radical (unpaired) electrons. The molecule has 0 spiro atoms. The van der Waals surface area contributed by atoms with Gasteiger partial charge in [-0.25, -0.2) is 0 Å². The fourth-order valence-electron chi connectivity index (χ4n) is 0.194. The SMILES string of the molecule is C=N[S+](O)C(C)(C)C. The fraction of sp³-hybridized carbons (Fsp3) is 0.800. The zero-order valence-corrected chi connectivity index (χ0v) is 6.33. The van der Waals surface area contributed by atoms with E-state index in [2.05, 4.69) is 11.1 Å². The number of hydrogen-bond donors (Lipinski definition) is 1. The molecule has 0 heterocycles. The number of rotatable bonds is 1. The van der Waals surface area contributed by atoms with Gasteiger partial charge in [0, 0.05) is 6.72 Å². The summed E-state index contributed by atoms with van der Waals surface area (Å²) in [5, 5.41) is 0. The Morgan fingerprint density at radius 1 is 1.50 bits per heavy atom. The molecule has 0 aromatic heterocycles. The van der Waals surface area contributed by atoms with Gasteiger partial charge >= 0.3 is 0 Å². The molecule has 3 heteroatoms. The van der Waals surface area contributed by atoms with Crippen LogP contribution in [0.2, 0.25) is 0 Å². The highest BCUT2D eigenvalue weighted by Gasteiger charge is 2.33. The van der Waals surface area contributed by atoms with Gasteiger partial charge in [-0.05, 0) is 25.2 Å². The molecule has 0 aliphatic carbocycles. The molecule has 0 rings (SSSR count). The first-order valence-corrected chi connectivity index (χ1v) is 3.52. The van der Waals surface area contributed by atoms with Gasteiger partial charge in [-0.3, -0.25) is 0 Å². The third kappa shape index (κ3) is 2.33. The Bertz CT molecular complexity index is 86.9. The molecule has 1 unspecified atom stereocenters. The Morgan fingerprint density at radius 3 is 1.88 bits per heavy atom. The molecule has 0 aromatic rings. The quantitative estimate of drug-likeness (QED) is 0.427. The van der Waals surface area contributed by atoms with E-state index in [4.69, 9.17) is 4.55 Å². The van der Waals surface area contributed by atoms with Crippen LogP contribution in [-0.2, 0) is 11.4 Å². The second-order valence-corrected chi connectivity index (χ2v) is 4.52. The van der Waals surface area contributed by atoms with E-state index >= 15 is 0 Å². The van der Waals surface area contributed by atoms with Crippen molar-refractivity contribution >= 4 is 18.1 Å². The molecule has 0 amide bonds. The monoisotopic (exact) mass is 134 g/mol. The van der Waals surface area contributed by atoms with Crippen LogP contribution in [0.1, 0.15) is 20.8 Å². The van der Waals surface area contributed by atoms with Gasteiger partial charge in [0.2, 0.25) is 0 Å². The maximum absolute atomic E-state index is 8.99. The molecule has 8 heavy (non-hydrogen) atoms. The molecule has 1 N–H and O–H groups in total. The molecule has 48 valence electrons. The minimum Gasteiger partial charge on any atom is -0.160 e. The van der Waals surface area contributed by atoms with Crippen LogP contribution in [0, 0.1) is 0 Å². The van der Waals surface area contributed by atoms with Gasteiger partial charge in [-0.2, -0.15) is 4.55 Å². The van der Waals surface area contributed by atoms with Crippen LogP contribution in [0.3, 0.4) is 0 Å². The summed E-state index contributed by atoms with van der Waals surface area (Å²) in [6.45, 7) is 9.00. The maximum atomic E-state index is 8.99. The molecule has 0 saturated carbocycles. The highest BCUT2D eigenvalue weighted by Crippen LogP contribution is 2.15. The number of nitrogens with zero attached hydrogens (tertiary/aromatic N) is 1. The lowest BCUT2D eigenvalue weighted by atomic mass is 10.3. The van der Waals surface area contributed by atoms with Gasteiger partial charge in [-0.15, -0.1) is 0 Å². The van der Waals surface area contributed by atoms with Crippen molar-refractivity contribution in [1.82, 2.24) is 0 Å². The standard InChI is InChI=1S/C5H12NOS/c1-5(2,3)8(7)6-4/h7H,4H2,1-3H3/q+1. The minimum atomic E-state index is -0.880. The normalized spacial score (nSPS) is 15.5. The van der Waals surface area contributed by atoms with Gasteiger partial charge < -0.3 is 0 Å². The van der Waals surface area contributed by atoms with Crippen LogP contribution >= 0.6 is 0 Å². The first-order chi connectivity index (χ1) is 3.48. The van der Waals surface area contributed by atoms with Crippen LogP contribution in [0.4, 0.5) is 0 Å². The first-order valence-electron chi connectivity index (χ1n) is 2.39. The Hall–Kier alpha value is -0.0200. The number of hydrogen-bond acceptors (Lipinski definition) is 2. The molecule has 1 atom stereocenters. The topological polar surface area (TPSA) is 32.6 Å². The van der Waals surface area contributed by atoms with E-state index in [1.807, 2.05) is 20.8 Å². The van der Waals surface area contributed by atoms with Gasteiger partial charge in [-0.1, -0.05) is 0 Å². The summed E-state index contributed by atoms with van der Waals surface area (Å²) in [5.74, 6) is 0. The lowest BCUT2D eigenvalue weighted by Gasteiger charge is -2.06. The minimum absolute atomic E-state index is 0.137. The molecule has 0 aliphatic heterocycles. The molecule has 0 saturated heterocycles. The summed E-state index contributed by atoms with van der Waals surface area (Å²) < 4.78 is 12.3. The average molecular weight is 134 g/mol. The zero-order chi connectivity index (χ0) is 6.78. The Balaban J connectivity index is 3.80. The largest absolute Gasteiger partial charge is 0.293 e. The lowest BCUT2D eigenvalue weighted by molar-refractivity contribution is 0.597. The zero-order valence-electron chi connectivity index (χ0n) is 5.51. The van der Waals surface area contributed by atoms with Crippen LogP contribution in [-0.4, -0.2) is 16.0 Å². The smallest absolute Gasteiger partial charge is 0.160 e. The van der Waals surface area contributed by atoms with Crippen molar-refractivity contribution in [3.05, 3.63) is 0 Å². The van der Waals surface area contributed by atoms with Crippen molar-refractivity contribution in [2.45, 2.75) is 25.5 Å². The van der Waals surface area contributed by atoms with Crippen molar-refractivity contribution in [2.24, 2.45) is 4.40 Å². The van der Waals surface area contributed by atoms with Gasteiger partial charge in [0.25, 0.3) is 11.4 Å². The highest BCUT2D eigenvalue weighted by molar-refractivity contribution is 7.91. The Morgan fingerprint density at radius 2 is 1.88 bits per heavy atom. The molecule has 2 nitrogen and oxygen atoms in total. The third-order valence-electron chi connectivity index (χ3n) is 0.670. The van der Waals surface area contributed by atoms with E-state index in [9.17, 15) is 0 Å². The summed E-state index contributed by atoms with van der Waals surface area (Å²) in [7, 11) is 0. The summed E-state index contributed by atoms with van der Waals surface area (Å²) in [5.41, 5.74) is 0. The third-order valence-corrected chi connectivity index (χ3v) is 2.01. The van der Waals surface area contributed by atoms with Crippen molar-refractivity contribution in [2.75, 3.05) is 0 Å². The van der Waals surface area contributed by atoms with E-state index in [0.717, 1.165) is 0 Å². The summed E-state index contributed by atoms with van der Waals surface area (Å²) in [6, 6.07) is 0. The second kappa shape index (κ2) is 2.51. The fourth-order valence-corrected chi connectivity index (χ4v) is 0.581. The van der Waals surface area contributed by atoms with Crippen LogP contribution in [0.5, 0.6) is 0 Å². The maximum Gasteiger partial charge on any atom is 0.293 e. The van der Waals surface area contributed by atoms with Gasteiger partial charge in [0.05, 0.1) is 0 Å².